The van der Waals surface area contributed by atoms with Gasteiger partial charge in [-0.3, -0.25) is 9.69 Å². The molecular formula is C28H37FN2O4. The quantitative estimate of drug-likeness (QED) is 0.434. The number of halogens is 1. The summed E-state index contributed by atoms with van der Waals surface area (Å²) < 4.78 is 31.7. The first-order valence-electron chi connectivity index (χ1n) is 12.7. The molecule has 2 saturated heterocycles. The number of rotatable bonds is 11. The smallest absolute Gasteiger partial charge is 0.222 e. The number of ether oxygens (including phenoxy) is 3. The Morgan fingerprint density at radius 2 is 1.89 bits per heavy atom. The second-order valence-corrected chi connectivity index (χ2v) is 9.57. The van der Waals surface area contributed by atoms with Gasteiger partial charge in [0, 0.05) is 39.7 Å². The average Bonchev–Trinajstić information content (AvgIpc) is 3.17. The third kappa shape index (κ3) is 7.18. The first-order chi connectivity index (χ1) is 17.1. The Kier molecular flexibility index (Phi) is 8.99. The minimum atomic E-state index is -0.418. The fraction of sp³-hybridized carbons (Fsp3) is 0.536. The second-order valence-electron chi connectivity index (χ2n) is 9.57. The molecule has 1 atom stereocenters. The maximum absolute atomic E-state index is 14.0. The van der Waals surface area contributed by atoms with Crippen molar-refractivity contribution >= 4 is 5.91 Å². The van der Waals surface area contributed by atoms with E-state index >= 15 is 0 Å². The normalized spacial score (nSPS) is 21.2. The van der Waals surface area contributed by atoms with Crippen LogP contribution < -0.4 is 9.47 Å². The lowest BCUT2D eigenvalue weighted by molar-refractivity contribution is -0.127. The maximum atomic E-state index is 14.0. The summed E-state index contributed by atoms with van der Waals surface area (Å²) in [6.45, 7) is 5.29. The van der Waals surface area contributed by atoms with E-state index in [1.54, 1.807) is 25.3 Å². The van der Waals surface area contributed by atoms with Gasteiger partial charge in [-0.15, -0.1) is 0 Å². The molecule has 2 aliphatic heterocycles. The molecule has 0 bridgehead atoms. The van der Waals surface area contributed by atoms with Gasteiger partial charge in [0.15, 0.2) is 11.6 Å². The number of methoxy groups -OCH3 is 1. The molecule has 35 heavy (non-hydrogen) atoms. The van der Waals surface area contributed by atoms with Crippen LogP contribution in [-0.4, -0.2) is 67.8 Å². The Hall–Kier alpha value is -2.64. The minimum absolute atomic E-state index is 0.265. The molecule has 4 rings (SSSR count). The van der Waals surface area contributed by atoms with E-state index < -0.39 is 5.60 Å². The molecule has 0 radical (unpaired) electrons. The molecule has 7 heteroatoms. The van der Waals surface area contributed by atoms with Crippen molar-refractivity contribution in [2.75, 3.05) is 46.5 Å². The molecule has 0 spiro atoms. The van der Waals surface area contributed by atoms with Crippen molar-refractivity contribution in [3.8, 4) is 11.5 Å². The molecule has 0 N–H and O–H groups in total. The zero-order valence-electron chi connectivity index (χ0n) is 20.7. The third-order valence-electron chi connectivity index (χ3n) is 7.07. The largest absolute Gasteiger partial charge is 0.494 e. The van der Waals surface area contributed by atoms with Crippen LogP contribution in [0.15, 0.2) is 48.5 Å². The van der Waals surface area contributed by atoms with Gasteiger partial charge in [-0.1, -0.05) is 24.3 Å². The fourth-order valence-electron chi connectivity index (χ4n) is 4.94. The summed E-state index contributed by atoms with van der Waals surface area (Å²) in [5.74, 6) is 1.06. The Morgan fingerprint density at radius 3 is 2.69 bits per heavy atom. The number of nitrogens with zero attached hydrogens (tertiary/aromatic N) is 2. The molecule has 1 unspecified atom stereocenters. The standard InChI is InChI=1S/C28H37FN2O4/c1-33-28(22-35-26-11-3-2-10-25(26)29)13-6-15-30(18-14-28)21-23-8-4-9-24(20-23)34-19-7-17-31-16-5-12-27(31)32/h2-4,8-11,20H,5-7,12-19,21-22H2,1H3. The van der Waals surface area contributed by atoms with Crippen LogP contribution in [0.5, 0.6) is 11.5 Å². The Labute approximate surface area is 208 Å². The Morgan fingerprint density at radius 1 is 1.00 bits per heavy atom. The number of benzene rings is 2. The molecule has 0 aromatic heterocycles. The van der Waals surface area contributed by atoms with Crippen molar-refractivity contribution in [3.05, 3.63) is 59.9 Å². The highest BCUT2D eigenvalue weighted by atomic mass is 19.1. The molecule has 2 aromatic rings. The number of carbonyl (C=O) groups is 1. The van der Waals surface area contributed by atoms with Crippen molar-refractivity contribution in [3.63, 3.8) is 0 Å². The molecule has 2 heterocycles. The summed E-state index contributed by atoms with van der Waals surface area (Å²) in [6.07, 6.45) is 5.18. The fourth-order valence-corrected chi connectivity index (χ4v) is 4.94. The van der Waals surface area contributed by atoms with E-state index in [9.17, 15) is 9.18 Å². The lowest BCUT2D eigenvalue weighted by Crippen LogP contribution is -2.39. The van der Waals surface area contributed by atoms with E-state index in [0.717, 1.165) is 70.6 Å². The van der Waals surface area contributed by atoms with Gasteiger partial charge in [-0.05, 0) is 68.5 Å². The number of para-hydroxylation sites is 1. The summed E-state index contributed by atoms with van der Waals surface area (Å²) in [5.41, 5.74) is 0.795. The zero-order chi connectivity index (χ0) is 24.5. The van der Waals surface area contributed by atoms with Crippen LogP contribution in [0.3, 0.4) is 0 Å². The van der Waals surface area contributed by atoms with Crippen molar-refractivity contribution in [1.29, 1.82) is 0 Å². The summed E-state index contributed by atoms with van der Waals surface area (Å²) in [7, 11) is 1.72. The predicted octanol–water partition coefficient (Wildman–Crippen LogP) is 4.67. The highest BCUT2D eigenvalue weighted by Crippen LogP contribution is 2.29. The predicted molar refractivity (Wildman–Crippen MR) is 133 cm³/mol. The lowest BCUT2D eigenvalue weighted by atomic mass is 9.95. The molecule has 2 aliphatic rings. The highest BCUT2D eigenvalue weighted by molar-refractivity contribution is 5.77. The lowest BCUT2D eigenvalue weighted by Gasteiger charge is -2.31. The summed E-state index contributed by atoms with van der Waals surface area (Å²) >= 11 is 0. The molecule has 0 saturated carbocycles. The van der Waals surface area contributed by atoms with Gasteiger partial charge >= 0.3 is 0 Å². The van der Waals surface area contributed by atoms with Crippen molar-refractivity contribution < 1.29 is 23.4 Å². The van der Waals surface area contributed by atoms with Crippen LogP contribution in [0.2, 0.25) is 0 Å². The second kappa shape index (κ2) is 12.4. The Bertz CT molecular complexity index is 971. The van der Waals surface area contributed by atoms with Crippen LogP contribution in [0, 0.1) is 5.82 Å². The highest BCUT2D eigenvalue weighted by Gasteiger charge is 2.34. The van der Waals surface area contributed by atoms with Crippen molar-refractivity contribution in [2.45, 2.75) is 50.7 Å². The number of hydrogen-bond donors (Lipinski definition) is 0. The number of carbonyl (C=O) groups excluding carboxylic acids is 1. The average molecular weight is 485 g/mol. The van der Waals surface area contributed by atoms with Crippen molar-refractivity contribution in [1.82, 2.24) is 9.80 Å². The van der Waals surface area contributed by atoms with E-state index in [4.69, 9.17) is 14.2 Å². The minimum Gasteiger partial charge on any atom is -0.494 e. The van der Waals surface area contributed by atoms with E-state index in [2.05, 4.69) is 17.0 Å². The first-order valence-corrected chi connectivity index (χ1v) is 12.7. The third-order valence-corrected chi connectivity index (χ3v) is 7.07. The van der Waals surface area contributed by atoms with Gasteiger partial charge in [0.05, 0.1) is 6.61 Å². The first kappa shape index (κ1) is 25.5. The zero-order valence-corrected chi connectivity index (χ0v) is 20.7. The van der Waals surface area contributed by atoms with E-state index in [1.165, 1.54) is 11.6 Å². The van der Waals surface area contributed by atoms with E-state index in [1.807, 2.05) is 17.0 Å². The molecular weight excluding hydrogens is 447 g/mol. The van der Waals surface area contributed by atoms with Crippen LogP contribution in [0.4, 0.5) is 4.39 Å². The molecule has 190 valence electrons. The summed E-state index contributed by atoms with van der Waals surface area (Å²) in [6, 6.07) is 14.8. The number of likely N-dealkylation sites (tertiary alicyclic amines) is 2. The molecule has 2 fully saturated rings. The van der Waals surface area contributed by atoms with Crippen LogP contribution >= 0.6 is 0 Å². The van der Waals surface area contributed by atoms with Crippen LogP contribution in [0.25, 0.3) is 0 Å². The SMILES string of the molecule is COC1(COc2ccccc2F)CCCN(Cc2cccc(OCCCN3CCCC3=O)c2)CC1. The van der Waals surface area contributed by atoms with Gasteiger partial charge in [0.1, 0.15) is 18.0 Å². The molecule has 0 aliphatic carbocycles. The van der Waals surface area contributed by atoms with Gasteiger partial charge < -0.3 is 19.1 Å². The number of hydrogen-bond acceptors (Lipinski definition) is 5. The topological polar surface area (TPSA) is 51.2 Å². The van der Waals surface area contributed by atoms with Crippen LogP contribution in [0.1, 0.15) is 44.1 Å². The number of amides is 1. The van der Waals surface area contributed by atoms with Gasteiger partial charge in [0.25, 0.3) is 0 Å². The summed E-state index contributed by atoms with van der Waals surface area (Å²) in [5, 5.41) is 0. The van der Waals surface area contributed by atoms with E-state index in [0.29, 0.717) is 19.6 Å². The summed E-state index contributed by atoms with van der Waals surface area (Å²) in [4.78, 5) is 16.1. The van der Waals surface area contributed by atoms with E-state index in [-0.39, 0.29) is 17.5 Å². The van der Waals surface area contributed by atoms with Crippen molar-refractivity contribution in [2.24, 2.45) is 0 Å². The van der Waals surface area contributed by atoms with Gasteiger partial charge in [0.2, 0.25) is 5.91 Å². The Balaban J connectivity index is 1.25. The van der Waals surface area contributed by atoms with Gasteiger partial charge in [-0.25, -0.2) is 4.39 Å². The molecule has 2 aromatic carbocycles. The molecule has 6 nitrogen and oxygen atoms in total. The maximum Gasteiger partial charge on any atom is 0.222 e. The van der Waals surface area contributed by atoms with Gasteiger partial charge in [-0.2, -0.15) is 0 Å². The van der Waals surface area contributed by atoms with Crippen LogP contribution in [-0.2, 0) is 16.1 Å². The monoisotopic (exact) mass is 484 g/mol. The molecule has 1 amide bonds.